The van der Waals surface area contributed by atoms with Gasteiger partial charge in [-0.15, -0.1) is 5.10 Å². The number of amides is 1. The van der Waals surface area contributed by atoms with Gasteiger partial charge in [0.15, 0.2) is 0 Å². The summed E-state index contributed by atoms with van der Waals surface area (Å²) in [5.41, 5.74) is 2.15. The zero-order chi connectivity index (χ0) is 23.0. The van der Waals surface area contributed by atoms with Crippen LogP contribution in [0.1, 0.15) is 35.3 Å². The Balaban J connectivity index is 1.37. The van der Waals surface area contributed by atoms with Crippen molar-refractivity contribution >= 4 is 34.0 Å². The van der Waals surface area contributed by atoms with Gasteiger partial charge in [0.2, 0.25) is 5.13 Å². The second kappa shape index (κ2) is 8.85. The fraction of sp³-hybridized carbons (Fsp3) is 0.409. The predicted molar refractivity (Wildman–Crippen MR) is 123 cm³/mol. The van der Waals surface area contributed by atoms with Crippen LogP contribution in [-0.2, 0) is 4.74 Å². The molecule has 1 amide bonds. The van der Waals surface area contributed by atoms with Gasteiger partial charge >= 0.3 is 0 Å². The molecule has 9 nitrogen and oxygen atoms in total. The Morgan fingerprint density at radius 1 is 1.24 bits per heavy atom. The first-order valence-corrected chi connectivity index (χ1v) is 11.7. The molecule has 1 N–H and O–H groups in total. The van der Waals surface area contributed by atoms with Crippen LogP contribution < -0.4 is 14.8 Å². The van der Waals surface area contributed by atoms with Crippen LogP contribution in [0.3, 0.4) is 0 Å². The van der Waals surface area contributed by atoms with Gasteiger partial charge in [-0.3, -0.25) is 15.1 Å². The van der Waals surface area contributed by atoms with E-state index in [9.17, 15) is 4.79 Å². The molecule has 5 rings (SSSR count). The van der Waals surface area contributed by atoms with Crippen molar-refractivity contribution in [2.75, 3.05) is 25.6 Å². The molecule has 3 aromatic heterocycles. The number of aryl methyl sites for hydroxylation is 1. The Morgan fingerprint density at radius 3 is 2.82 bits per heavy atom. The third kappa shape index (κ3) is 4.50. The molecule has 1 atom stereocenters. The first-order valence-electron chi connectivity index (χ1n) is 10.6. The maximum atomic E-state index is 13.2. The maximum Gasteiger partial charge on any atom is 0.296 e. The number of halogens is 1. The zero-order valence-corrected chi connectivity index (χ0v) is 19.7. The monoisotopic (exact) mass is 487 g/mol. The van der Waals surface area contributed by atoms with E-state index in [2.05, 4.69) is 25.5 Å². The van der Waals surface area contributed by atoms with E-state index >= 15 is 0 Å². The first kappa shape index (κ1) is 22.0. The number of nitrogens with one attached hydrogen (secondary N) is 1. The van der Waals surface area contributed by atoms with Crippen molar-refractivity contribution in [2.24, 2.45) is 5.92 Å². The molecule has 1 aliphatic carbocycles. The molecule has 33 heavy (non-hydrogen) atoms. The molecule has 3 aromatic rings. The average Bonchev–Trinajstić information content (AvgIpc) is 3.18. The van der Waals surface area contributed by atoms with E-state index in [0.717, 1.165) is 31.6 Å². The van der Waals surface area contributed by atoms with Crippen LogP contribution in [0, 0.1) is 12.8 Å². The number of ether oxygens (including phenoxy) is 3. The lowest BCUT2D eigenvalue weighted by molar-refractivity contribution is 0.0905. The largest absolute Gasteiger partial charge is 0.494 e. The van der Waals surface area contributed by atoms with Gasteiger partial charge in [0.25, 0.3) is 11.1 Å². The average molecular weight is 488 g/mol. The van der Waals surface area contributed by atoms with Gasteiger partial charge in [0.1, 0.15) is 16.5 Å². The number of carbonyl (C=O) groups is 1. The van der Waals surface area contributed by atoms with Gasteiger partial charge in [-0.1, -0.05) is 16.7 Å². The molecule has 0 spiro atoms. The Labute approximate surface area is 199 Å². The van der Waals surface area contributed by atoms with E-state index in [4.69, 9.17) is 25.8 Å². The highest BCUT2D eigenvalue weighted by molar-refractivity contribution is 7.17. The molecule has 172 valence electrons. The molecule has 2 fully saturated rings. The van der Waals surface area contributed by atoms with Crippen LogP contribution in [0.4, 0.5) is 5.13 Å². The summed E-state index contributed by atoms with van der Waals surface area (Å²) in [4.78, 5) is 21.5. The van der Waals surface area contributed by atoms with E-state index < -0.39 is 0 Å². The molecule has 0 radical (unpaired) electrons. The van der Waals surface area contributed by atoms with Crippen molar-refractivity contribution in [2.45, 2.75) is 31.8 Å². The lowest BCUT2D eigenvalue weighted by Crippen LogP contribution is -2.29. The molecule has 1 saturated carbocycles. The van der Waals surface area contributed by atoms with Crippen molar-refractivity contribution in [1.29, 1.82) is 0 Å². The van der Waals surface area contributed by atoms with Crippen molar-refractivity contribution in [1.82, 2.24) is 20.2 Å². The fourth-order valence-corrected chi connectivity index (χ4v) is 4.90. The second-order valence-corrected chi connectivity index (χ2v) is 9.46. The quantitative estimate of drug-likeness (QED) is 0.495. The topological polar surface area (TPSA) is 108 Å². The Kier molecular flexibility index (Phi) is 5.90. The Hall–Kier alpha value is -2.82. The van der Waals surface area contributed by atoms with Gasteiger partial charge < -0.3 is 14.2 Å². The minimum absolute atomic E-state index is 0.206. The third-order valence-corrected chi connectivity index (χ3v) is 6.89. The number of methoxy groups -OCH3 is 1. The van der Waals surface area contributed by atoms with Gasteiger partial charge in [-0.25, -0.2) is 4.98 Å². The predicted octanol–water partition coefficient (Wildman–Crippen LogP) is 4.17. The SMILES string of the molecule is COc1cnc(Cl)cc1-c1cc(C)ncc1C(=O)Nc1nnc(OC2(C3CCOC3)CC2)s1. The van der Waals surface area contributed by atoms with Crippen LogP contribution >= 0.6 is 22.9 Å². The summed E-state index contributed by atoms with van der Waals surface area (Å²) >= 11 is 7.31. The van der Waals surface area contributed by atoms with E-state index in [1.165, 1.54) is 30.8 Å². The summed E-state index contributed by atoms with van der Waals surface area (Å²) in [6.07, 6.45) is 6.00. The minimum Gasteiger partial charge on any atom is -0.494 e. The maximum absolute atomic E-state index is 13.2. The molecule has 4 heterocycles. The van der Waals surface area contributed by atoms with Gasteiger partial charge in [-0.2, -0.15) is 0 Å². The summed E-state index contributed by atoms with van der Waals surface area (Å²) in [5, 5.41) is 12.1. The van der Waals surface area contributed by atoms with Crippen LogP contribution in [0.5, 0.6) is 10.9 Å². The molecule has 0 aromatic carbocycles. The van der Waals surface area contributed by atoms with E-state index in [1.54, 1.807) is 12.1 Å². The minimum atomic E-state index is -0.375. The van der Waals surface area contributed by atoms with E-state index in [0.29, 0.717) is 50.4 Å². The summed E-state index contributed by atoms with van der Waals surface area (Å²) in [7, 11) is 1.54. The molecule has 1 aliphatic heterocycles. The van der Waals surface area contributed by atoms with Gasteiger partial charge in [0, 0.05) is 35.5 Å². The number of hydrogen-bond acceptors (Lipinski definition) is 9. The molecule has 1 saturated heterocycles. The molecule has 11 heteroatoms. The number of aromatic nitrogens is 4. The molecule has 0 bridgehead atoms. The lowest BCUT2D eigenvalue weighted by Gasteiger charge is -2.20. The first-order chi connectivity index (χ1) is 16.0. The Morgan fingerprint density at radius 2 is 2.09 bits per heavy atom. The third-order valence-electron chi connectivity index (χ3n) is 5.96. The summed E-state index contributed by atoms with van der Waals surface area (Å²) in [6, 6.07) is 3.46. The normalized spacial score (nSPS) is 18.7. The van der Waals surface area contributed by atoms with Crippen LogP contribution in [0.2, 0.25) is 5.15 Å². The highest BCUT2D eigenvalue weighted by Gasteiger charge is 2.53. The van der Waals surface area contributed by atoms with Crippen LogP contribution in [0.15, 0.2) is 24.5 Å². The summed E-state index contributed by atoms with van der Waals surface area (Å²) < 4.78 is 17.1. The number of nitrogens with zero attached hydrogens (tertiary/aromatic N) is 4. The van der Waals surface area contributed by atoms with Crippen molar-refractivity contribution < 1.29 is 19.0 Å². The molecule has 1 unspecified atom stereocenters. The van der Waals surface area contributed by atoms with Gasteiger partial charge in [-0.05, 0) is 49.7 Å². The molecule has 2 aliphatic rings. The highest BCUT2D eigenvalue weighted by Crippen LogP contribution is 2.49. The zero-order valence-electron chi connectivity index (χ0n) is 18.1. The van der Waals surface area contributed by atoms with Crippen LogP contribution in [-0.4, -0.2) is 52.0 Å². The lowest BCUT2D eigenvalue weighted by atomic mass is 10.00. The fourth-order valence-electron chi connectivity index (χ4n) is 4.06. The van der Waals surface area contributed by atoms with E-state index in [-0.39, 0.29) is 11.5 Å². The smallest absolute Gasteiger partial charge is 0.296 e. The highest BCUT2D eigenvalue weighted by atomic mass is 35.5. The van der Waals surface area contributed by atoms with Crippen molar-refractivity contribution in [3.63, 3.8) is 0 Å². The number of rotatable bonds is 7. The standard InChI is InChI=1S/C22H22ClN5O4S/c1-12-7-14(15-8-18(23)25-10-17(15)30-2)16(9-24-12)19(29)26-20-27-28-21(33-20)32-22(4-5-22)13-3-6-31-11-13/h7-10,13H,3-6,11H2,1-2H3,(H,26,27,29). The molecular formula is C22H22ClN5O4S. The number of carbonyl (C=O) groups excluding carboxylic acids is 1. The Bertz CT molecular complexity index is 1190. The van der Waals surface area contributed by atoms with E-state index in [1.807, 2.05) is 6.92 Å². The van der Waals surface area contributed by atoms with Crippen molar-refractivity contribution in [3.05, 3.63) is 40.9 Å². The number of pyridine rings is 2. The molecular weight excluding hydrogens is 466 g/mol. The summed E-state index contributed by atoms with van der Waals surface area (Å²) in [6.45, 7) is 3.33. The number of anilines is 1. The van der Waals surface area contributed by atoms with Gasteiger partial charge in [0.05, 0.1) is 25.5 Å². The number of hydrogen-bond donors (Lipinski definition) is 1. The second-order valence-electron chi connectivity index (χ2n) is 8.13. The van der Waals surface area contributed by atoms with Crippen molar-refractivity contribution in [3.8, 4) is 22.1 Å². The summed E-state index contributed by atoms with van der Waals surface area (Å²) in [5.74, 6) is 0.500. The van der Waals surface area contributed by atoms with Crippen LogP contribution in [0.25, 0.3) is 11.1 Å².